The van der Waals surface area contributed by atoms with E-state index in [0.717, 1.165) is 52.2 Å². The van der Waals surface area contributed by atoms with Gasteiger partial charge >= 0.3 is 0 Å². The number of ether oxygens (including phenoxy) is 2. The van der Waals surface area contributed by atoms with Crippen LogP contribution in [0.2, 0.25) is 0 Å². The van der Waals surface area contributed by atoms with E-state index in [9.17, 15) is 0 Å². The minimum absolute atomic E-state index is 0.270. The van der Waals surface area contributed by atoms with Crippen molar-refractivity contribution in [1.29, 1.82) is 0 Å². The fourth-order valence-corrected chi connectivity index (χ4v) is 3.92. The van der Waals surface area contributed by atoms with Crippen molar-refractivity contribution in [3.05, 3.63) is 30.5 Å². The molecule has 1 aliphatic rings. The Morgan fingerprint density at radius 1 is 1.26 bits per heavy atom. The number of nitrogen functional groups attached to an aromatic ring is 1. The molecule has 142 valence electrons. The topological polar surface area (TPSA) is 87.2 Å². The lowest BCUT2D eigenvalue weighted by atomic mass is 10.2. The number of nitrogens with zero attached hydrogens (tertiary/aromatic N) is 3. The Morgan fingerprint density at radius 2 is 2.11 bits per heavy atom. The van der Waals surface area contributed by atoms with Crippen molar-refractivity contribution in [2.75, 3.05) is 25.6 Å². The van der Waals surface area contributed by atoms with Crippen LogP contribution in [0.4, 0.5) is 5.82 Å². The zero-order valence-electron chi connectivity index (χ0n) is 15.4. The maximum absolute atomic E-state index is 6.05. The SMILES string of the molecule is CC(C)CNCCn1c(Sc2ccc3c(c2)OCO3)nc2c(N)nccc21. The first-order valence-electron chi connectivity index (χ1n) is 9.01. The molecule has 3 heterocycles. The molecule has 8 heteroatoms. The van der Waals surface area contributed by atoms with Gasteiger partial charge in [0.25, 0.3) is 0 Å². The van der Waals surface area contributed by atoms with Crippen molar-refractivity contribution in [3.63, 3.8) is 0 Å². The quantitative estimate of drug-likeness (QED) is 0.604. The lowest BCUT2D eigenvalue weighted by Gasteiger charge is -2.11. The van der Waals surface area contributed by atoms with Crippen LogP contribution in [-0.4, -0.2) is 34.4 Å². The summed E-state index contributed by atoms with van der Waals surface area (Å²) in [5.41, 5.74) is 7.79. The van der Waals surface area contributed by atoms with E-state index in [1.54, 1.807) is 18.0 Å². The number of hydrogen-bond acceptors (Lipinski definition) is 7. The predicted molar refractivity (Wildman–Crippen MR) is 106 cm³/mol. The standard InChI is InChI=1S/C19H23N5O2S/c1-12(2)10-21-7-8-24-14-5-6-22-18(20)17(14)23-19(24)27-13-3-4-15-16(9-13)26-11-25-15/h3-6,9,12,21H,7-8,10-11H2,1-2H3,(H2,20,22). The summed E-state index contributed by atoms with van der Waals surface area (Å²) >= 11 is 1.58. The number of rotatable bonds is 7. The van der Waals surface area contributed by atoms with E-state index < -0.39 is 0 Å². The first kappa shape index (κ1) is 17.9. The number of nitrogens with two attached hydrogens (primary N) is 1. The summed E-state index contributed by atoms with van der Waals surface area (Å²) in [4.78, 5) is 9.97. The molecular weight excluding hydrogens is 362 g/mol. The van der Waals surface area contributed by atoms with Crippen LogP contribution in [0, 0.1) is 5.92 Å². The molecule has 2 aromatic heterocycles. The number of fused-ring (bicyclic) bond motifs is 2. The van der Waals surface area contributed by atoms with E-state index in [1.165, 1.54) is 0 Å². The lowest BCUT2D eigenvalue weighted by Crippen LogP contribution is -2.24. The number of aromatic nitrogens is 3. The van der Waals surface area contributed by atoms with Crippen molar-refractivity contribution in [2.24, 2.45) is 5.92 Å². The summed E-state index contributed by atoms with van der Waals surface area (Å²) in [6, 6.07) is 7.89. The van der Waals surface area contributed by atoms with Gasteiger partial charge in [0, 0.05) is 24.2 Å². The van der Waals surface area contributed by atoms with E-state index in [2.05, 4.69) is 28.7 Å². The van der Waals surface area contributed by atoms with Crippen molar-refractivity contribution >= 4 is 28.6 Å². The first-order chi connectivity index (χ1) is 13.1. The maximum atomic E-state index is 6.05. The van der Waals surface area contributed by atoms with Crippen LogP contribution in [0.25, 0.3) is 11.0 Å². The van der Waals surface area contributed by atoms with Gasteiger partial charge in [0.05, 0.1) is 5.52 Å². The first-order valence-corrected chi connectivity index (χ1v) is 9.82. The summed E-state index contributed by atoms with van der Waals surface area (Å²) in [7, 11) is 0. The normalized spacial score (nSPS) is 13.0. The molecule has 0 spiro atoms. The molecule has 0 saturated carbocycles. The van der Waals surface area contributed by atoms with Gasteiger partial charge in [-0.25, -0.2) is 9.97 Å². The zero-order valence-corrected chi connectivity index (χ0v) is 16.3. The average Bonchev–Trinajstić information content (AvgIpc) is 3.24. The largest absolute Gasteiger partial charge is 0.454 e. The van der Waals surface area contributed by atoms with E-state index >= 15 is 0 Å². The number of benzene rings is 1. The number of anilines is 1. The molecule has 0 unspecified atom stereocenters. The fourth-order valence-electron chi connectivity index (χ4n) is 2.97. The molecule has 0 bridgehead atoms. The van der Waals surface area contributed by atoms with Crippen LogP contribution in [0.1, 0.15) is 13.8 Å². The third kappa shape index (κ3) is 3.81. The van der Waals surface area contributed by atoms with Crippen LogP contribution in [0.15, 0.2) is 40.5 Å². The molecule has 3 N–H and O–H groups in total. The highest BCUT2D eigenvalue weighted by atomic mass is 32.2. The van der Waals surface area contributed by atoms with Crippen LogP contribution in [0.5, 0.6) is 11.5 Å². The smallest absolute Gasteiger partial charge is 0.231 e. The molecule has 0 radical (unpaired) electrons. The summed E-state index contributed by atoms with van der Waals surface area (Å²) in [6.45, 7) is 7.33. The number of hydrogen-bond donors (Lipinski definition) is 2. The molecule has 1 aromatic carbocycles. The molecule has 0 amide bonds. The van der Waals surface area contributed by atoms with Gasteiger partial charge in [-0.3, -0.25) is 0 Å². The molecule has 27 heavy (non-hydrogen) atoms. The second-order valence-corrected chi connectivity index (χ2v) is 7.87. The lowest BCUT2D eigenvalue weighted by molar-refractivity contribution is 0.174. The monoisotopic (exact) mass is 385 g/mol. The van der Waals surface area contributed by atoms with Gasteiger partial charge in [0.1, 0.15) is 5.52 Å². The minimum atomic E-state index is 0.270. The summed E-state index contributed by atoms with van der Waals surface area (Å²) < 4.78 is 13.1. The van der Waals surface area contributed by atoms with Crippen LogP contribution in [0.3, 0.4) is 0 Å². The van der Waals surface area contributed by atoms with E-state index in [1.807, 2.05) is 24.3 Å². The number of imidazole rings is 1. The molecule has 0 atom stereocenters. The molecule has 0 aliphatic carbocycles. The van der Waals surface area contributed by atoms with Crippen molar-refractivity contribution in [1.82, 2.24) is 19.9 Å². The fraction of sp³-hybridized carbons (Fsp3) is 0.368. The maximum Gasteiger partial charge on any atom is 0.231 e. The summed E-state index contributed by atoms with van der Waals surface area (Å²) in [5.74, 6) is 2.61. The second kappa shape index (κ2) is 7.66. The van der Waals surface area contributed by atoms with E-state index in [0.29, 0.717) is 11.7 Å². The van der Waals surface area contributed by atoms with Crippen molar-refractivity contribution in [3.8, 4) is 11.5 Å². The zero-order chi connectivity index (χ0) is 18.8. The molecule has 7 nitrogen and oxygen atoms in total. The van der Waals surface area contributed by atoms with E-state index in [-0.39, 0.29) is 6.79 Å². The highest BCUT2D eigenvalue weighted by Gasteiger charge is 2.17. The Kier molecular flexibility index (Phi) is 5.09. The van der Waals surface area contributed by atoms with Crippen LogP contribution >= 0.6 is 11.8 Å². The summed E-state index contributed by atoms with van der Waals surface area (Å²) in [5, 5.41) is 4.37. The third-order valence-corrected chi connectivity index (χ3v) is 5.26. The number of nitrogens with one attached hydrogen (secondary N) is 1. The van der Waals surface area contributed by atoms with Gasteiger partial charge in [-0.2, -0.15) is 0 Å². The Morgan fingerprint density at radius 3 is 2.96 bits per heavy atom. The van der Waals surface area contributed by atoms with Gasteiger partial charge in [-0.05, 0) is 36.7 Å². The van der Waals surface area contributed by atoms with Gasteiger partial charge in [-0.15, -0.1) is 0 Å². The van der Waals surface area contributed by atoms with Crippen LogP contribution in [-0.2, 0) is 6.54 Å². The van der Waals surface area contributed by atoms with E-state index in [4.69, 9.17) is 20.2 Å². The molecule has 1 aliphatic heterocycles. The summed E-state index contributed by atoms with van der Waals surface area (Å²) in [6.07, 6.45) is 1.73. The van der Waals surface area contributed by atoms with Gasteiger partial charge in [-0.1, -0.05) is 25.6 Å². The Balaban J connectivity index is 1.62. The van der Waals surface area contributed by atoms with Crippen molar-refractivity contribution in [2.45, 2.75) is 30.4 Å². The predicted octanol–water partition coefficient (Wildman–Crippen LogP) is 3.14. The molecule has 0 fully saturated rings. The molecule has 0 saturated heterocycles. The highest BCUT2D eigenvalue weighted by molar-refractivity contribution is 7.99. The Labute approximate surface area is 162 Å². The Bertz CT molecular complexity index is 957. The van der Waals surface area contributed by atoms with Crippen LogP contribution < -0.4 is 20.5 Å². The average molecular weight is 385 g/mol. The highest BCUT2D eigenvalue weighted by Crippen LogP contribution is 2.38. The molecule has 4 rings (SSSR count). The van der Waals surface area contributed by atoms with Gasteiger partial charge in [0.2, 0.25) is 6.79 Å². The number of pyridine rings is 1. The molecular formula is C19H23N5O2S. The van der Waals surface area contributed by atoms with Gasteiger partial charge in [0.15, 0.2) is 22.5 Å². The van der Waals surface area contributed by atoms with Gasteiger partial charge < -0.3 is 25.1 Å². The second-order valence-electron chi connectivity index (χ2n) is 6.83. The Hall–Kier alpha value is -2.45. The van der Waals surface area contributed by atoms with Crippen molar-refractivity contribution < 1.29 is 9.47 Å². The third-order valence-electron chi connectivity index (χ3n) is 4.28. The molecule has 3 aromatic rings. The minimum Gasteiger partial charge on any atom is -0.454 e.